The maximum absolute atomic E-state index is 11.7. The highest BCUT2D eigenvalue weighted by Crippen LogP contribution is 2.49. The van der Waals surface area contributed by atoms with Crippen LogP contribution in [0.3, 0.4) is 0 Å². The molecule has 0 bridgehead atoms. The number of carbonyl (C=O) groups is 1. The van der Waals surface area contributed by atoms with Gasteiger partial charge in [0.05, 0.1) is 11.9 Å². The van der Waals surface area contributed by atoms with E-state index >= 15 is 0 Å². The number of hydrogen-bond donors (Lipinski definition) is 1. The monoisotopic (exact) mass is 305 g/mol. The molecule has 122 valence electrons. The molecular weight excluding hydrogens is 278 g/mol. The lowest BCUT2D eigenvalue weighted by molar-refractivity contribution is 0.0378. The van der Waals surface area contributed by atoms with Gasteiger partial charge in [-0.05, 0) is 23.5 Å². The van der Waals surface area contributed by atoms with Crippen LogP contribution in [-0.4, -0.2) is 38.5 Å². The van der Waals surface area contributed by atoms with Crippen molar-refractivity contribution in [2.45, 2.75) is 47.6 Å². The summed E-state index contributed by atoms with van der Waals surface area (Å²) < 4.78 is 1.89. The van der Waals surface area contributed by atoms with E-state index in [2.05, 4.69) is 46.6 Å². The zero-order valence-electron chi connectivity index (χ0n) is 14.6. The topological polar surface area (TPSA) is 58.4 Å². The van der Waals surface area contributed by atoms with Crippen LogP contribution in [0.4, 0.5) is 4.79 Å². The van der Waals surface area contributed by atoms with E-state index in [0.29, 0.717) is 6.54 Å². The molecular formula is C17H27N3O2. The van der Waals surface area contributed by atoms with Gasteiger partial charge < -0.3 is 10.0 Å². The van der Waals surface area contributed by atoms with Crippen LogP contribution in [0.25, 0.3) is 5.57 Å². The lowest BCUT2D eigenvalue weighted by Gasteiger charge is -2.51. The summed E-state index contributed by atoms with van der Waals surface area (Å²) in [6.07, 6.45) is 3.05. The lowest BCUT2D eigenvalue weighted by atomic mass is 9.64. The van der Waals surface area contributed by atoms with Gasteiger partial charge in [-0.1, -0.05) is 40.7 Å². The fourth-order valence-corrected chi connectivity index (χ4v) is 4.17. The molecule has 1 aromatic heterocycles. The number of aromatic nitrogens is 2. The van der Waals surface area contributed by atoms with Gasteiger partial charge in [0.1, 0.15) is 0 Å². The van der Waals surface area contributed by atoms with E-state index in [-0.39, 0.29) is 16.9 Å². The Hall–Kier alpha value is -1.78. The van der Waals surface area contributed by atoms with Crippen molar-refractivity contribution in [2.24, 2.45) is 17.9 Å². The highest BCUT2D eigenvalue weighted by atomic mass is 16.4. The molecule has 0 fully saturated rings. The fourth-order valence-electron chi connectivity index (χ4n) is 4.17. The number of amides is 1. The quantitative estimate of drug-likeness (QED) is 0.863. The number of nitrogens with zero attached hydrogens (tertiary/aromatic N) is 3. The Morgan fingerprint density at radius 3 is 2.41 bits per heavy atom. The molecule has 2 heterocycles. The predicted octanol–water partition coefficient (Wildman–Crippen LogP) is 3.55. The van der Waals surface area contributed by atoms with E-state index in [1.54, 1.807) is 4.90 Å². The molecule has 0 spiro atoms. The largest absolute Gasteiger partial charge is 0.465 e. The molecule has 0 aliphatic carbocycles. The normalized spacial score (nSPS) is 21.7. The van der Waals surface area contributed by atoms with Crippen molar-refractivity contribution < 1.29 is 9.90 Å². The van der Waals surface area contributed by atoms with Gasteiger partial charge in [0.2, 0.25) is 0 Å². The van der Waals surface area contributed by atoms with Crippen molar-refractivity contribution in [3.63, 3.8) is 0 Å². The molecule has 1 aliphatic rings. The first kappa shape index (κ1) is 16.6. The lowest BCUT2D eigenvalue weighted by Crippen LogP contribution is -2.57. The summed E-state index contributed by atoms with van der Waals surface area (Å²) in [7, 11) is 1.94. The van der Waals surface area contributed by atoms with Gasteiger partial charge >= 0.3 is 6.09 Å². The maximum Gasteiger partial charge on any atom is 0.407 e. The standard InChI is InChI=1S/C17H27N3O2/c1-11-10-18-19(7)13(11)12-8-9-20(15(21)22)14(16(2,3)4)17(12,5)6/h8,10,14H,9H2,1-7H3,(H,21,22). The van der Waals surface area contributed by atoms with Crippen molar-refractivity contribution in [2.75, 3.05) is 6.54 Å². The van der Waals surface area contributed by atoms with Crippen LogP contribution in [0.15, 0.2) is 12.3 Å². The Balaban J connectivity index is 2.62. The minimum absolute atomic E-state index is 0.105. The van der Waals surface area contributed by atoms with E-state index < -0.39 is 6.09 Å². The van der Waals surface area contributed by atoms with Crippen molar-refractivity contribution in [1.29, 1.82) is 0 Å². The number of hydrogen-bond acceptors (Lipinski definition) is 2. The van der Waals surface area contributed by atoms with E-state index in [1.165, 1.54) is 5.57 Å². The molecule has 1 unspecified atom stereocenters. The minimum Gasteiger partial charge on any atom is -0.465 e. The maximum atomic E-state index is 11.7. The highest BCUT2D eigenvalue weighted by Gasteiger charge is 2.48. The molecule has 5 heteroatoms. The molecule has 0 saturated heterocycles. The SMILES string of the molecule is Cc1cnn(C)c1C1=CCN(C(=O)O)C(C(C)(C)C)C1(C)C. The summed E-state index contributed by atoms with van der Waals surface area (Å²) in [6.45, 7) is 13.1. The summed E-state index contributed by atoms with van der Waals surface area (Å²) in [4.78, 5) is 13.3. The Kier molecular flexibility index (Phi) is 3.88. The van der Waals surface area contributed by atoms with Crippen molar-refractivity contribution in [1.82, 2.24) is 14.7 Å². The summed E-state index contributed by atoms with van der Waals surface area (Å²) in [5, 5.41) is 14.0. The molecule has 0 aromatic carbocycles. The predicted molar refractivity (Wildman–Crippen MR) is 87.7 cm³/mol. The Labute approximate surface area is 132 Å². The molecule has 2 rings (SSSR count). The third-order valence-electron chi connectivity index (χ3n) is 4.62. The second kappa shape index (κ2) is 5.14. The fraction of sp³-hybridized carbons (Fsp3) is 0.647. The number of rotatable bonds is 1. The van der Waals surface area contributed by atoms with Gasteiger partial charge in [0, 0.05) is 25.0 Å². The second-order valence-electron chi connectivity index (χ2n) is 7.84. The smallest absolute Gasteiger partial charge is 0.407 e. The van der Waals surface area contributed by atoms with Crippen LogP contribution in [0.2, 0.25) is 0 Å². The average Bonchev–Trinajstić information content (AvgIpc) is 2.66. The molecule has 0 radical (unpaired) electrons. The van der Waals surface area contributed by atoms with Crippen LogP contribution in [0.1, 0.15) is 45.9 Å². The van der Waals surface area contributed by atoms with Crippen LogP contribution in [-0.2, 0) is 7.05 Å². The molecule has 1 aromatic rings. The molecule has 1 aliphatic heterocycles. The van der Waals surface area contributed by atoms with Gasteiger partial charge in [-0.2, -0.15) is 5.10 Å². The van der Waals surface area contributed by atoms with Crippen molar-refractivity contribution in [3.8, 4) is 0 Å². The van der Waals surface area contributed by atoms with Gasteiger partial charge in [-0.15, -0.1) is 0 Å². The molecule has 1 amide bonds. The van der Waals surface area contributed by atoms with E-state index in [4.69, 9.17) is 0 Å². The van der Waals surface area contributed by atoms with Crippen LogP contribution in [0, 0.1) is 17.8 Å². The third-order valence-corrected chi connectivity index (χ3v) is 4.62. The molecule has 22 heavy (non-hydrogen) atoms. The zero-order chi connectivity index (χ0) is 16.9. The van der Waals surface area contributed by atoms with Gasteiger partial charge in [0.15, 0.2) is 0 Å². The summed E-state index contributed by atoms with van der Waals surface area (Å²) in [5.41, 5.74) is 2.95. The Morgan fingerprint density at radius 2 is 2.00 bits per heavy atom. The zero-order valence-corrected chi connectivity index (χ0v) is 14.6. The van der Waals surface area contributed by atoms with Crippen molar-refractivity contribution >= 4 is 11.7 Å². The minimum atomic E-state index is -0.856. The second-order valence-corrected chi connectivity index (χ2v) is 7.84. The first-order valence-electron chi connectivity index (χ1n) is 7.67. The Bertz CT molecular complexity index is 601. The van der Waals surface area contributed by atoms with Gasteiger partial charge in [0.25, 0.3) is 0 Å². The third kappa shape index (κ3) is 2.53. The summed E-state index contributed by atoms with van der Waals surface area (Å²) >= 11 is 0. The first-order valence-corrected chi connectivity index (χ1v) is 7.67. The van der Waals surface area contributed by atoms with Gasteiger partial charge in [-0.3, -0.25) is 4.68 Å². The van der Waals surface area contributed by atoms with E-state index in [1.807, 2.05) is 24.0 Å². The van der Waals surface area contributed by atoms with E-state index in [0.717, 1.165) is 11.3 Å². The molecule has 0 saturated carbocycles. The number of aryl methyl sites for hydroxylation is 2. The Morgan fingerprint density at radius 1 is 1.41 bits per heavy atom. The van der Waals surface area contributed by atoms with E-state index in [9.17, 15) is 9.90 Å². The molecule has 1 N–H and O–H groups in total. The van der Waals surface area contributed by atoms with Crippen LogP contribution < -0.4 is 0 Å². The summed E-state index contributed by atoms with van der Waals surface area (Å²) in [6, 6.07) is -0.105. The molecule has 1 atom stereocenters. The van der Waals surface area contributed by atoms with Crippen LogP contribution in [0.5, 0.6) is 0 Å². The first-order chi connectivity index (χ1) is 9.98. The number of carboxylic acid groups (broad SMARTS) is 1. The molecule has 5 nitrogen and oxygen atoms in total. The van der Waals surface area contributed by atoms with Crippen molar-refractivity contribution in [3.05, 3.63) is 23.5 Å². The average molecular weight is 305 g/mol. The van der Waals surface area contributed by atoms with Gasteiger partial charge in [-0.25, -0.2) is 4.79 Å². The van der Waals surface area contributed by atoms with Crippen LogP contribution >= 0.6 is 0 Å². The highest BCUT2D eigenvalue weighted by molar-refractivity contribution is 5.75. The summed E-state index contributed by atoms with van der Waals surface area (Å²) in [5.74, 6) is 0.